The highest BCUT2D eigenvalue weighted by molar-refractivity contribution is 5.76. The van der Waals surface area contributed by atoms with Crippen molar-refractivity contribution in [1.29, 1.82) is 0 Å². The number of carbonyl (C=O) groups is 1. The van der Waals surface area contributed by atoms with Crippen molar-refractivity contribution in [2.24, 2.45) is 0 Å². The first-order valence-corrected chi connectivity index (χ1v) is 7.61. The number of methoxy groups -OCH3 is 1. The highest BCUT2D eigenvalue weighted by Crippen LogP contribution is 2.19. The van der Waals surface area contributed by atoms with Crippen LogP contribution in [-0.2, 0) is 14.3 Å². The minimum atomic E-state index is -0.501. The molecular weight excluding hydrogens is 258 g/mol. The van der Waals surface area contributed by atoms with Gasteiger partial charge in [-0.15, -0.1) is 0 Å². The van der Waals surface area contributed by atoms with E-state index in [2.05, 4.69) is 4.90 Å². The molecule has 5 nitrogen and oxygen atoms in total. The standard InChI is InChI=1S/C15H29NO4/c1-13(17)10-14-6-4-3-5-7-16(14)11-15(18)12-20-9-8-19-2/h14-15,18H,3-12H2,1-2H3. The first-order chi connectivity index (χ1) is 9.63. The zero-order valence-electron chi connectivity index (χ0n) is 12.8. The van der Waals surface area contributed by atoms with Crippen LogP contribution in [0.5, 0.6) is 0 Å². The lowest BCUT2D eigenvalue weighted by Crippen LogP contribution is -2.42. The molecule has 5 heteroatoms. The van der Waals surface area contributed by atoms with Crippen LogP contribution in [0.2, 0.25) is 0 Å². The summed E-state index contributed by atoms with van der Waals surface area (Å²) < 4.78 is 10.3. The molecule has 1 N–H and O–H groups in total. The molecule has 0 bridgehead atoms. The van der Waals surface area contributed by atoms with Gasteiger partial charge in [-0.2, -0.15) is 0 Å². The zero-order valence-corrected chi connectivity index (χ0v) is 12.8. The predicted octanol–water partition coefficient (Wildman–Crippen LogP) is 1.23. The van der Waals surface area contributed by atoms with Gasteiger partial charge in [-0.1, -0.05) is 12.8 Å². The van der Waals surface area contributed by atoms with E-state index in [1.54, 1.807) is 14.0 Å². The molecule has 0 aromatic carbocycles. The molecule has 1 rings (SSSR count). The van der Waals surface area contributed by atoms with E-state index in [9.17, 15) is 9.90 Å². The van der Waals surface area contributed by atoms with E-state index >= 15 is 0 Å². The minimum Gasteiger partial charge on any atom is -0.389 e. The van der Waals surface area contributed by atoms with Gasteiger partial charge in [0.05, 0.1) is 25.9 Å². The molecule has 1 aliphatic heterocycles. The molecule has 0 aromatic rings. The van der Waals surface area contributed by atoms with E-state index < -0.39 is 6.10 Å². The second-order valence-electron chi connectivity index (χ2n) is 5.63. The van der Waals surface area contributed by atoms with Crippen LogP contribution < -0.4 is 0 Å². The van der Waals surface area contributed by atoms with Crippen LogP contribution in [-0.4, -0.2) is 68.0 Å². The molecule has 20 heavy (non-hydrogen) atoms. The van der Waals surface area contributed by atoms with E-state index in [-0.39, 0.29) is 11.8 Å². The van der Waals surface area contributed by atoms with Crippen LogP contribution >= 0.6 is 0 Å². The fraction of sp³-hybridized carbons (Fsp3) is 0.933. The maximum absolute atomic E-state index is 11.4. The second-order valence-corrected chi connectivity index (χ2v) is 5.63. The lowest BCUT2D eigenvalue weighted by molar-refractivity contribution is -0.118. The lowest BCUT2D eigenvalue weighted by Gasteiger charge is -2.31. The summed E-state index contributed by atoms with van der Waals surface area (Å²) in [6, 6.07) is 0.281. The Morgan fingerprint density at radius 3 is 2.85 bits per heavy atom. The van der Waals surface area contributed by atoms with E-state index in [0.717, 1.165) is 19.4 Å². The predicted molar refractivity (Wildman–Crippen MR) is 77.8 cm³/mol. The number of aliphatic hydroxyl groups excluding tert-OH is 1. The van der Waals surface area contributed by atoms with Crippen molar-refractivity contribution in [3.63, 3.8) is 0 Å². The summed E-state index contributed by atoms with van der Waals surface area (Å²) in [6.07, 6.45) is 4.68. The van der Waals surface area contributed by atoms with Gasteiger partial charge in [0, 0.05) is 26.1 Å². The van der Waals surface area contributed by atoms with Gasteiger partial charge >= 0.3 is 0 Å². The summed E-state index contributed by atoms with van der Waals surface area (Å²) in [6.45, 7) is 4.58. The highest BCUT2D eigenvalue weighted by atomic mass is 16.5. The highest BCUT2D eigenvalue weighted by Gasteiger charge is 2.24. The number of ketones is 1. The van der Waals surface area contributed by atoms with Gasteiger partial charge in [-0.05, 0) is 26.3 Å². The summed E-state index contributed by atoms with van der Waals surface area (Å²) in [4.78, 5) is 13.6. The molecule has 1 heterocycles. The van der Waals surface area contributed by atoms with Crippen molar-refractivity contribution < 1.29 is 19.4 Å². The molecule has 0 amide bonds. The Hall–Kier alpha value is -0.490. The fourth-order valence-electron chi connectivity index (χ4n) is 2.73. The molecule has 1 aliphatic rings. The van der Waals surface area contributed by atoms with Crippen molar-refractivity contribution in [3.05, 3.63) is 0 Å². The van der Waals surface area contributed by atoms with Crippen LogP contribution in [0.25, 0.3) is 0 Å². The Bertz CT molecular complexity index is 273. The molecule has 1 saturated heterocycles. The molecule has 0 aromatic heterocycles. The summed E-state index contributed by atoms with van der Waals surface area (Å²) in [5.41, 5.74) is 0. The van der Waals surface area contributed by atoms with Gasteiger partial charge in [0.25, 0.3) is 0 Å². The van der Waals surface area contributed by atoms with Crippen LogP contribution in [0.3, 0.4) is 0 Å². The molecule has 2 unspecified atom stereocenters. The number of aliphatic hydroxyl groups is 1. The van der Waals surface area contributed by atoms with Crippen molar-refractivity contribution >= 4 is 5.78 Å². The van der Waals surface area contributed by atoms with Gasteiger partial charge < -0.3 is 14.6 Å². The Balaban J connectivity index is 2.37. The number of hydrogen-bond donors (Lipinski definition) is 1. The third-order valence-electron chi connectivity index (χ3n) is 3.71. The Morgan fingerprint density at radius 1 is 1.35 bits per heavy atom. The minimum absolute atomic E-state index is 0.229. The van der Waals surface area contributed by atoms with E-state index in [0.29, 0.717) is 32.8 Å². The maximum Gasteiger partial charge on any atom is 0.131 e. The molecule has 118 valence electrons. The third-order valence-corrected chi connectivity index (χ3v) is 3.71. The summed E-state index contributed by atoms with van der Waals surface area (Å²) >= 11 is 0. The first kappa shape index (κ1) is 17.6. The van der Waals surface area contributed by atoms with E-state index in [1.165, 1.54) is 12.8 Å². The van der Waals surface area contributed by atoms with Gasteiger partial charge in [-0.3, -0.25) is 9.69 Å². The van der Waals surface area contributed by atoms with Gasteiger partial charge in [0.2, 0.25) is 0 Å². The monoisotopic (exact) mass is 287 g/mol. The molecule has 0 radical (unpaired) electrons. The molecule has 0 spiro atoms. The van der Waals surface area contributed by atoms with Crippen LogP contribution in [0.1, 0.15) is 39.0 Å². The number of nitrogens with zero attached hydrogens (tertiary/aromatic N) is 1. The average molecular weight is 287 g/mol. The van der Waals surface area contributed by atoms with Crippen LogP contribution in [0.4, 0.5) is 0 Å². The summed E-state index contributed by atoms with van der Waals surface area (Å²) in [5, 5.41) is 10.1. The Labute approximate surface area is 122 Å². The van der Waals surface area contributed by atoms with Crippen molar-refractivity contribution in [1.82, 2.24) is 4.90 Å². The van der Waals surface area contributed by atoms with Crippen molar-refractivity contribution in [2.45, 2.75) is 51.2 Å². The van der Waals surface area contributed by atoms with Gasteiger partial charge in [0.15, 0.2) is 0 Å². The summed E-state index contributed by atoms with van der Waals surface area (Å²) in [5.74, 6) is 0.229. The lowest BCUT2D eigenvalue weighted by atomic mass is 10.0. The average Bonchev–Trinajstić information content (AvgIpc) is 2.60. The zero-order chi connectivity index (χ0) is 14.8. The van der Waals surface area contributed by atoms with E-state index in [1.807, 2.05) is 0 Å². The van der Waals surface area contributed by atoms with E-state index in [4.69, 9.17) is 9.47 Å². The number of ether oxygens (including phenoxy) is 2. The molecule has 2 atom stereocenters. The number of rotatable bonds is 9. The number of hydrogen-bond acceptors (Lipinski definition) is 5. The Kier molecular flexibility index (Phi) is 9.02. The van der Waals surface area contributed by atoms with Gasteiger partial charge in [0.1, 0.15) is 5.78 Å². The fourth-order valence-corrected chi connectivity index (χ4v) is 2.73. The summed E-state index contributed by atoms with van der Waals surface area (Å²) in [7, 11) is 1.63. The quantitative estimate of drug-likeness (QED) is 0.646. The number of likely N-dealkylation sites (tertiary alicyclic amines) is 1. The van der Waals surface area contributed by atoms with Gasteiger partial charge in [-0.25, -0.2) is 0 Å². The molecule has 1 fully saturated rings. The normalized spacial score (nSPS) is 22.4. The van der Waals surface area contributed by atoms with Crippen molar-refractivity contribution in [3.8, 4) is 0 Å². The Morgan fingerprint density at radius 2 is 2.15 bits per heavy atom. The molecule has 0 saturated carbocycles. The largest absolute Gasteiger partial charge is 0.389 e. The van der Waals surface area contributed by atoms with Crippen LogP contribution in [0.15, 0.2) is 0 Å². The number of Topliss-reactive ketones (excluding diaryl/α,β-unsaturated/α-hetero) is 1. The molecule has 0 aliphatic carbocycles. The topological polar surface area (TPSA) is 59.0 Å². The SMILES string of the molecule is COCCOCC(O)CN1CCCCCC1CC(C)=O. The second kappa shape index (κ2) is 10.3. The van der Waals surface area contributed by atoms with Crippen molar-refractivity contribution in [2.75, 3.05) is 40.0 Å². The van der Waals surface area contributed by atoms with Crippen LogP contribution in [0, 0.1) is 0 Å². The number of β-amino-alcohol motifs (C(OH)–C–C–N with tert-alkyl or cyclic N) is 1. The smallest absolute Gasteiger partial charge is 0.131 e. The number of carbonyl (C=O) groups excluding carboxylic acids is 1. The maximum atomic E-state index is 11.4. The first-order valence-electron chi connectivity index (χ1n) is 7.61. The molecular formula is C15H29NO4. The third kappa shape index (κ3) is 7.33.